The van der Waals surface area contributed by atoms with Gasteiger partial charge in [0.1, 0.15) is 0 Å². The summed E-state index contributed by atoms with van der Waals surface area (Å²) in [6.45, 7) is 0. The summed E-state index contributed by atoms with van der Waals surface area (Å²) in [5.41, 5.74) is 3.38. The van der Waals surface area contributed by atoms with E-state index in [1.165, 1.54) is 6.07 Å². The first kappa shape index (κ1) is 14.5. The molecule has 0 amide bonds. The lowest BCUT2D eigenvalue weighted by Gasteiger charge is -2.17. The van der Waals surface area contributed by atoms with Crippen LogP contribution in [0.1, 0.15) is 23.7 Å². The minimum atomic E-state index is -1.48. The van der Waals surface area contributed by atoms with Gasteiger partial charge >= 0.3 is 0 Å². The molecule has 0 radical (unpaired) electrons. The Morgan fingerprint density at radius 3 is 2.60 bits per heavy atom. The molecule has 7 heteroatoms. The van der Waals surface area contributed by atoms with Crippen LogP contribution in [0, 0.1) is 17.5 Å². The number of halogens is 3. The molecule has 1 unspecified atom stereocenters. The van der Waals surface area contributed by atoms with E-state index in [9.17, 15) is 13.2 Å². The number of benzene rings is 1. The highest BCUT2D eigenvalue weighted by atomic mass is 19.2. The van der Waals surface area contributed by atoms with Gasteiger partial charge in [0.05, 0.1) is 0 Å². The number of hydrogen-bond donors (Lipinski definition) is 2. The van der Waals surface area contributed by atoms with E-state index in [0.29, 0.717) is 12.8 Å². The van der Waals surface area contributed by atoms with Crippen molar-refractivity contribution in [3.05, 3.63) is 53.1 Å². The van der Waals surface area contributed by atoms with Gasteiger partial charge in [-0.1, -0.05) is 6.07 Å². The maximum absolute atomic E-state index is 13.7. The number of hydrazine groups is 1. The van der Waals surface area contributed by atoms with Crippen LogP contribution in [0.3, 0.4) is 0 Å². The Morgan fingerprint density at radius 2 is 2.00 bits per heavy atom. The fourth-order valence-electron chi connectivity index (χ4n) is 2.08. The van der Waals surface area contributed by atoms with Crippen LogP contribution in [-0.2, 0) is 13.5 Å². The minimum absolute atomic E-state index is 0.00793. The molecule has 0 bridgehead atoms. The van der Waals surface area contributed by atoms with Crippen LogP contribution < -0.4 is 11.3 Å². The summed E-state index contributed by atoms with van der Waals surface area (Å²) >= 11 is 0. The average Bonchev–Trinajstić information content (AvgIpc) is 2.84. The van der Waals surface area contributed by atoms with Gasteiger partial charge in [0.2, 0.25) is 0 Å². The molecule has 1 heterocycles. The first-order valence-corrected chi connectivity index (χ1v) is 6.11. The zero-order chi connectivity index (χ0) is 14.7. The Kier molecular flexibility index (Phi) is 4.41. The Bertz CT molecular complexity index is 597. The summed E-state index contributed by atoms with van der Waals surface area (Å²) in [4.78, 5) is 0. The topological polar surface area (TPSA) is 55.9 Å². The lowest BCUT2D eigenvalue weighted by molar-refractivity contribution is 0.418. The van der Waals surface area contributed by atoms with Gasteiger partial charge in [-0.2, -0.15) is 5.10 Å². The number of aryl methyl sites for hydroxylation is 2. The van der Waals surface area contributed by atoms with E-state index >= 15 is 0 Å². The maximum atomic E-state index is 13.7. The van der Waals surface area contributed by atoms with E-state index in [2.05, 4.69) is 10.5 Å². The van der Waals surface area contributed by atoms with Crippen molar-refractivity contribution in [2.45, 2.75) is 18.9 Å². The van der Waals surface area contributed by atoms with Gasteiger partial charge < -0.3 is 0 Å². The smallest absolute Gasteiger partial charge is 0.194 e. The summed E-state index contributed by atoms with van der Waals surface area (Å²) in [6.07, 6.45) is 2.65. The highest BCUT2D eigenvalue weighted by molar-refractivity contribution is 5.23. The molecule has 2 rings (SSSR count). The molecule has 0 aliphatic heterocycles. The van der Waals surface area contributed by atoms with Gasteiger partial charge in [0.25, 0.3) is 0 Å². The van der Waals surface area contributed by atoms with E-state index in [0.717, 1.165) is 11.8 Å². The van der Waals surface area contributed by atoms with Crippen LogP contribution in [-0.4, -0.2) is 9.78 Å². The summed E-state index contributed by atoms with van der Waals surface area (Å²) in [7, 11) is 1.79. The molecule has 0 saturated carbocycles. The van der Waals surface area contributed by atoms with E-state index in [1.54, 1.807) is 17.9 Å². The van der Waals surface area contributed by atoms with Crippen molar-refractivity contribution in [3.63, 3.8) is 0 Å². The lowest BCUT2D eigenvalue weighted by atomic mass is 10.0. The number of nitrogens with two attached hydrogens (primary N) is 1. The first-order chi connectivity index (χ1) is 9.54. The quantitative estimate of drug-likeness (QED) is 0.501. The molecule has 0 aliphatic rings. The standard InChI is InChI=1S/C13H15F3N4/c1-20-8(6-7-18-20)2-5-11(19-17)9-3-4-10(14)13(16)12(9)15/h3-4,6-7,11,19H,2,5,17H2,1H3. The van der Waals surface area contributed by atoms with Gasteiger partial charge in [-0.3, -0.25) is 16.0 Å². The van der Waals surface area contributed by atoms with Crippen LogP contribution in [0.15, 0.2) is 24.4 Å². The molecular weight excluding hydrogens is 269 g/mol. The van der Waals surface area contributed by atoms with Crippen molar-refractivity contribution in [3.8, 4) is 0 Å². The molecule has 3 N–H and O–H groups in total. The van der Waals surface area contributed by atoms with Crippen LogP contribution in [0.2, 0.25) is 0 Å². The third-order valence-corrected chi connectivity index (χ3v) is 3.25. The monoisotopic (exact) mass is 284 g/mol. The van der Waals surface area contributed by atoms with E-state index in [4.69, 9.17) is 5.84 Å². The fourth-order valence-corrected chi connectivity index (χ4v) is 2.08. The van der Waals surface area contributed by atoms with Crippen LogP contribution >= 0.6 is 0 Å². The number of nitrogens with one attached hydrogen (secondary N) is 1. The van der Waals surface area contributed by atoms with Gasteiger partial charge in [-0.05, 0) is 25.0 Å². The maximum Gasteiger partial charge on any atom is 0.194 e. The SMILES string of the molecule is Cn1nccc1CCC(NN)c1ccc(F)c(F)c1F. The number of aromatic nitrogens is 2. The fraction of sp³-hybridized carbons (Fsp3) is 0.308. The highest BCUT2D eigenvalue weighted by Gasteiger charge is 2.20. The highest BCUT2D eigenvalue weighted by Crippen LogP contribution is 2.24. The third-order valence-electron chi connectivity index (χ3n) is 3.25. The second-order valence-corrected chi connectivity index (χ2v) is 4.47. The summed E-state index contributed by atoms with van der Waals surface area (Å²) in [6, 6.07) is 3.30. The molecule has 0 saturated heterocycles. The van der Waals surface area contributed by atoms with Crippen molar-refractivity contribution in [1.29, 1.82) is 0 Å². The molecule has 1 aromatic carbocycles. The molecular formula is C13H15F3N4. The zero-order valence-corrected chi connectivity index (χ0v) is 10.9. The molecule has 4 nitrogen and oxygen atoms in total. The predicted octanol–water partition coefficient (Wildman–Crippen LogP) is 1.97. The molecule has 0 aliphatic carbocycles. The predicted molar refractivity (Wildman–Crippen MR) is 67.9 cm³/mol. The van der Waals surface area contributed by atoms with Crippen molar-refractivity contribution < 1.29 is 13.2 Å². The Hall–Kier alpha value is -1.86. The van der Waals surface area contributed by atoms with Crippen LogP contribution in [0.25, 0.3) is 0 Å². The van der Waals surface area contributed by atoms with Gasteiger partial charge in [-0.25, -0.2) is 13.2 Å². The summed E-state index contributed by atoms with van der Waals surface area (Å²) in [5.74, 6) is 1.48. The number of nitrogens with zero attached hydrogens (tertiary/aromatic N) is 2. The van der Waals surface area contributed by atoms with Gasteiger partial charge in [0, 0.05) is 30.5 Å². The first-order valence-electron chi connectivity index (χ1n) is 6.11. The van der Waals surface area contributed by atoms with Crippen molar-refractivity contribution in [2.24, 2.45) is 12.9 Å². The third kappa shape index (κ3) is 2.83. The second kappa shape index (κ2) is 6.06. The van der Waals surface area contributed by atoms with Crippen LogP contribution in [0.4, 0.5) is 13.2 Å². The van der Waals surface area contributed by atoms with Crippen LogP contribution in [0.5, 0.6) is 0 Å². The number of rotatable bonds is 5. The van der Waals surface area contributed by atoms with Gasteiger partial charge in [0.15, 0.2) is 17.5 Å². The Morgan fingerprint density at radius 1 is 1.25 bits per heavy atom. The molecule has 2 aromatic rings. The van der Waals surface area contributed by atoms with Gasteiger partial charge in [-0.15, -0.1) is 0 Å². The van der Waals surface area contributed by atoms with E-state index < -0.39 is 23.5 Å². The zero-order valence-electron chi connectivity index (χ0n) is 10.9. The molecule has 1 aromatic heterocycles. The van der Waals surface area contributed by atoms with Crippen molar-refractivity contribution in [2.75, 3.05) is 0 Å². The summed E-state index contributed by atoms with van der Waals surface area (Å²) in [5, 5.41) is 4.02. The molecule has 108 valence electrons. The molecule has 20 heavy (non-hydrogen) atoms. The number of hydrogen-bond acceptors (Lipinski definition) is 3. The van der Waals surface area contributed by atoms with Crippen molar-refractivity contribution >= 4 is 0 Å². The Labute approximate surface area is 114 Å². The molecule has 0 spiro atoms. The van der Waals surface area contributed by atoms with Crippen molar-refractivity contribution in [1.82, 2.24) is 15.2 Å². The molecule has 1 atom stereocenters. The normalized spacial score (nSPS) is 12.7. The second-order valence-electron chi connectivity index (χ2n) is 4.47. The average molecular weight is 284 g/mol. The largest absolute Gasteiger partial charge is 0.273 e. The minimum Gasteiger partial charge on any atom is -0.273 e. The Balaban J connectivity index is 2.16. The summed E-state index contributed by atoms with van der Waals surface area (Å²) < 4.78 is 41.5. The lowest BCUT2D eigenvalue weighted by Crippen LogP contribution is -2.29. The van der Waals surface area contributed by atoms with E-state index in [1.807, 2.05) is 6.07 Å². The van der Waals surface area contributed by atoms with E-state index in [-0.39, 0.29) is 5.56 Å². The molecule has 0 fully saturated rings.